The van der Waals surface area contributed by atoms with Crippen LogP contribution >= 0.6 is 27.5 Å². The van der Waals surface area contributed by atoms with Crippen molar-refractivity contribution in [1.29, 1.82) is 0 Å². The summed E-state index contributed by atoms with van der Waals surface area (Å²) < 4.78 is 0.852. The Morgan fingerprint density at radius 2 is 2.05 bits per heavy atom. The molecular weight excluding hydrogens is 348 g/mol. The van der Waals surface area contributed by atoms with Crippen LogP contribution < -0.4 is 5.32 Å². The van der Waals surface area contributed by atoms with Gasteiger partial charge in [-0.1, -0.05) is 22.0 Å². The van der Waals surface area contributed by atoms with E-state index in [0.29, 0.717) is 5.69 Å². The summed E-state index contributed by atoms with van der Waals surface area (Å²) in [5.74, 6) is 0.0775. The smallest absolute Gasteiger partial charge is 0.332 e. The highest BCUT2D eigenvalue weighted by molar-refractivity contribution is 9.10. The molecular formula is C12H10BrClN4O2. The molecule has 8 heteroatoms. The highest BCUT2D eigenvalue weighted by Gasteiger charge is 2.22. The van der Waals surface area contributed by atoms with E-state index in [1.54, 1.807) is 0 Å². The molecule has 6 nitrogen and oxygen atoms in total. The summed E-state index contributed by atoms with van der Waals surface area (Å²) in [4.78, 5) is 18.3. The topological polar surface area (TPSA) is 81.0 Å². The van der Waals surface area contributed by atoms with Crippen LogP contribution in [0.4, 0.5) is 17.2 Å². The van der Waals surface area contributed by atoms with E-state index >= 15 is 0 Å². The highest BCUT2D eigenvalue weighted by atomic mass is 79.9. The summed E-state index contributed by atoms with van der Waals surface area (Å²) in [5, 5.41) is 14.0. The number of benzene rings is 1. The summed E-state index contributed by atoms with van der Waals surface area (Å²) in [7, 11) is 0. The van der Waals surface area contributed by atoms with Crippen LogP contribution in [-0.4, -0.2) is 14.9 Å². The van der Waals surface area contributed by atoms with E-state index in [1.165, 1.54) is 6.92 Å². The standard InChI is InChI=1S/C12H10BrClN4O2/c1-6-3-4-8(13)5-9(6)16-11-10(18(19)20)7(2)15-12(14)17-11/h3-5H,1-2H3,(H,15,16,17). The molecule has 0 saturated carbocycles. The zero-order valence-corrected chi connectivity index (χ0v) is 13.0. The van der Waals surface area contributed by atoms with Crippen molar-refractivity contribution in [3.63, 3.8) is 0 Å². The number of nitrogens with one attached hydrogen (secondary N) is 1. The van der Waals surface area contributed by atoms with Crippen LogP contribution in [0.1, 0.15) is 11.3 Å². The van der Waals surface area contributed by atoms with E-state index in [9.17, 15) is 10.1 Å². The molecule has 104 valence electrons. The van der Waals surface area contributed by atoms with Gasteiger partial charge in [-0.2, -0.15) is 4.98 Å². The summed E-state index contributed by atoms with van der Waals surface area (Å²) in [6.45, 7) is 3.40. The number of hydrogen-bond acceptors (Lipinski definition) is 5. The zero-order chi connectivity index (χ0) is 14.9. The van der Waals surface area contributed by atoms with Crippen LogP contribution in [0.25, 0.3) is 0 Å². The van der Waals surface area contributed by atoms with Crippen molar-refractivity contribution in [3.8, 4) is 0 Å². The average molecular weight is 358 g/mol. The minimum Gasteiger partial charge on any atom is -0.334 e. The molecule has 20 heavy (non-hydrogen) atoms. The van der Waals surface area contributed by atoms with Gasteiger partial charge in [-0.05, 0) is 43.1 Å². The van der Waals surface area contributed by atoms with E-state index in [-0.39, 0.29) is 22.5 Å². The Balaban J connectivity index is 2.53. The first kappa shape index (κ1) is 14.7. The Labute approximate surface area is 128 Å². The molecule has 0 amide bonds. The molecule has 0 aliphatic heterocycles. The Bertz CT molecular complexity index is 693. The van der Waals surface area contributed by atoms with E-state index in [1.807, 2.05) is 25.1 Å². The molecule has 1 N–H and O–H groups in total. The SMILES string of the molecule is Cc1ccc(Br)cc1Nc1nc(Cl)nc(C)c1[N+](=O)[O-]. The molecule has 1 heterocycles. The van der Waals surface area contributed by atoms with Gasteiger partial charge in [0.1, 0.15) is 5.69 Å². The van der Waals surface area contributed by atoms with E-state index in [2.05, 4.69) is 31.2 Å². The van der Waals surface area contributed by atoms with Crippen LogP contribution in [-0.2, 0) is 0 Å². The molecule has 0 saturated heterocycles. The van der Waals surface area contributed by atoms with Gasteiger partial charge >= 0.3 is 5.69 Å². The third kappa shape index (κ3) is 3.05. The first-order valence-corrected chi connectivity index (χ1v) is 6.77. The second-order valence-electron chi connectivity index (χ2n) is 4.12. The summed E-state index contributed by atoms with van der Waals surface area (Å²) in [6, 6.07) is 5.57. The maximum absolute atomic E-state index is 11.1. The number of aryl methyl sites for hydroxylation is 2. The number of rotatable bonds is 3. The van der Waals surface area contributed by atoms with Crippen molar-refractivity contribution in [2.24, 2.45) is 0 Å². The molecule has 0 bridgehead atoms. The number of aromatic nitrogens is 2. The van der Waals surface area contributed by atoms with E-state index < -0.39 is 4.92 Å². The van der Waals surface area contributed by atoms with Crippen molar-refractivity contribution in [3.05, 3.63) is 49.3 Å². The summed E-state index contributed by atoms with van der Waals surface area (Å²) in [5.41, 5.74) is 1.66. The Hall–Kier alpha value is -1.73. The quantitative estimate of drug-likeness (QED) is 0.507. The van der Waals surface area contributed by atoms with Crippen molar-refractivity contribution >= 4 is 44.7 Å². The fourth-order valence-electron chi connectivity index (χ4n) is 1.70. The monoisotopic (exact) mass is 356 g/mol. The fraction of sp³-hybridized carbons (Fsp3) is 0.167. The van der Waals surface area contributed by atoms with Crippen LogP contribution in [0.15, 0.2) is 22.7 Å². The second-order valence-corrected chi connectivity index (χ2v) is 5.37. The zero-order valence-electron chi connectivity index (χ0n) is 10.6. The van der Waals surface area contributed by atoms with Gasteiger partial charge in [0.25, 0.3) is 0 Å². The number of nitrogens with zero attached hydrogens (tertiary/aromatic N) is 3. The number of anilines is 2. The van der Waals surface area contributed by atoms with Crippen LogP contribution in [0.3, 0.4) is 0 Å². The molecule has 1 aromatic heterocycles. The van der Waals surface area contributed by atoms with Crippen molar-refractivity contribution < 1.29 is 4.92 Å². The fourth-order valence-corrected chi connectivity index (χ4v) is 2.27. The van der Waals surface area contributed by atoms with Crippen LogP contribution in [0.5, 0.6) is 0 Å². The normalized spacial score (nSPS) is 10.4. The lowest BCUT2D eigenvalue weighted by Gasteiger charge is -2.10. The van der Waals surface area contributed by atoms with Gasteiger partial charge in [0.05, 0.1) is 4.92 Å². The van der Waals surface area contributed by atoms with Gasteiger partial charge in [-0.3, -0.25) is 10.1 Å². The van der Waals surface area contributed by atoms with Gasteiger partial charge in [-0.25, -0.2) is 4.98 Å². The molecule has 2 aromatic rings. The number of halogens is 2. The molecule has 0 atom stereocenters. The van der Waals surface area contributed by atoms with E-state index in [0.717, 1.165) is 10.0 Å². The maximum Gasteiger partial charge on any atom is 0.332 e. The predicted octanol–water partition coefficient (Wildman–Crippen LogP) is 4.16. The predicted molar refractivity (Wildman–Crippen MR) is 80.6 cm³/mol. The lowest BCUT2D eigenvalue weighted by molar-refractivity contribution is -0.385. The third-order valence-electron chi connectivity index (χ3n) is 2.67. The van der Waals surface area contributed by atoms with Crippen LogP contribution in [0, 0.1) is 24.0 Å². The molecule has 0 spiro atoms. The first-order chi connectivity index (χ1) is 9.38. The number of hydrogen-bond donors (Lipinski definition) is 1. The molecule has 2 rings (SSSR count). The van der Waals surface area contributed by atoms with Gasteiger partial charge < -0.3 is 5.32 Å². The first-order valence-electron chi connectivity index (χ1n) is 5.60. The number of nitro groups is 1. The molecule has 0 aliphatic carbocycles. The molecule has 0 radical (unpaired) electrons. The second kappa shape index (κ2) is 5.72. The summed E-state index contributed by atoms with van der Waals surface area (Å²) in [6.07, 6.45) is 0. The lowest BCUT2D eigenvalue weighted by atomic mass is 10.2. The molecule has 1 aromatic carbocycles. The average Bonchev–Trinajstić information content (AvgIpc) is 2.32. The minimum atomic E-state index is -0.526. The largest absolute Gasteiger partial charge is 0.334 e. The van der Waals surface area contributed by atoms with Crippen molar-refractivity contribution in [2.75, 3.05) is 5.32 Å². The Kier molecular flexibility index (Phi) is 4.20. The van der Waals surface area contributed by atoms with Gasteiger partial charge in [0, 0.05) is 10.2 Å². The van der Waals surface area contributed by atoms with Gasteiger partial charge in [0.15, 0.2) is 0 Å². The third-order valence-corrected chi connectivity index (χ3v) is 3.33. The summed E-state index contributed by atoms with van der Waals surface area (Å²) >= 11 is 9.12. The lowest BCUT2D eigenvalue weighted by Crippen LogP contribution is -2.05. The molecule has 0 fully saturated rings. The highest BCUT2D eigenvalue weighted by Crippen LogP contribution is 2.31. The van der Waals surface area contributed by atoms with Crippen molar-refractivity contribution in [2.45, 2.75) is 13.8 Å². The van der Waals surface area contributed by atoms with Crippen LogP contribution in [0.2, 0.25) is 5.28 Å². The minimum absolute atomic E-state index is 0.0387. The molecule has 0 unspecified atom stereocenters. The van der Waals surface area contributed by atoms with Gasteiger partial charge in [-0.15, -0.1) is 0 Å². The van der Waals surface area contributed by atoms with Gasteiger partial charge in [0.2, 0.25) is 11.1 Å². The maximum atomic E-state index is 11.1. The Morgan fingerprint density at radius 3 is 2.70 bits per heavy atom. The van der Waals surface area contributed by atoms with E-state index in [4.69, 9.17) is 11.6 Å². The molecule has 0 aliphatic rings. The Morgan fingerprint density at radius 1 is 1.35 bits per heavy atom. The van der Waals surface area contributed by atoms with Crippen molar-refractivity contribution in [1.82, 2.24) is 9.97 Å².